The molecule has 0 bridgehead atoms. The molecule has 1 aliphatic heterocycles. The van der Waals surface area contributed by atoms with Gasteiger partial charge in [-0.05, 0) is 29.8 Å². The summed E-state index contributed by atoms with van der Waals surface area (Å²) in [5, 5.41) is 9.25. The topological polar surface area (TPSA) is 85.2 Å². The van der Waals surface area contributed by atoms with Crippen molar-refractivity contribution in [3.8, 4) is 16.9 Å². The molecule has 1 aromatic heterocycles. The second-order valence-electron chi connectivity index (χ2n) is 6.69. The Hall–Kier alpha value is -3.89. The van der Waals surface area contributed by atoms with Crippen molar-refractivity contribution in [2.75, 3.05) is 10.6 Å². The molecule has 2 aromatic carbocycles. The zero-order valence-electron chi connectivity index (χ0n) is 15.6. The van der Waals surface area contributed by atoms with Gasteiger partial charge in [-0.2, -0.15) is 5.10 Å². The number of ether oxygens (including phenoxy) is 1. The second kappa shape index (κ2) is 7.74. The van der Waals surface area contributed by atoms with Crippen molar-refractivity contribution in [2.45, 2.75) is 18.8 Å². The van der Waals surface area contributed by atoms with E-state index in [0.29, 0.717) is 16.9 Å². The van der Waals surface area contributed by atoms with Gasteiger partial charge >= 0.3 is 6.36 Å². The summed E-state index contributed by atoms with van der Waals surface area (Å²) in [6.45, 7) is 0. The molecule has 4 rings (SSSR count). The van der Waals surface area contributed by atoms with E-state index in [-0.39, 0.29) is 12.1 Å². The molecular weight excluding hydrogens is 420 g/mol. The molecule has 0 fully saturated rings. The first-order chi connectivity index (χ1) is 14.7. The minimum absolute atomic E-state index is 0.0813. The minimum atomic E-state index is -4.86. The number of anilines is 2. The predicted octanol–water partition coefficient (Wildman–Crippen LogP) is 4.11. The number of alkyl halides is 3. The molecule has 1 aliphatic rings. The lowest BCUT2D eigenvalue weighted by atomic mass is 10.1. The summed E-state index contributed by atoms with van der Waals surface area (Å²) in [5.41, 5.74) is 1.28. The molecular formula is C20H14F4N4O3. The molecule has 11 heteroatoms. The van der Waals surface area contributed by atoms with E-state index in [4.69, 9.17) is 0 Å². The van der Waals surface area contributed by atoms with Crippen molar-refractivity contribution >= 4 is 23.3 Å². The van der Waals surface area contributed by atoms with Gasteiger partial charge in [-0.25, -0.2) is 9.07 Å². The molecule has 3 aromatic rings. The van der Waals surface area contributed by atoms with Gasteiger partial charge in [-0.3, -0.25) is 9.59 Å². The van der Waals surface area contributed by atoms with Gasteiger partial charge in [0, 0.05) is 17.3 Å². The first kappa shape index (κ1) is 20.4. The lowest BCUT2D eigenvalue weighted by molar-refractivity contribution is -0.274. The number of amides is 2. The second-order valence-corrected chi connectivity index (χ2v) is 6.69. The van der Waals surface area contributed by atoms with Crippen LogP contribution >= 0.6 is 0 Å². The smallest absolute Gasteiger partial charge is 0.406 e. The number of aromatic nitrogens is 2. The summed E-state index contributed by atoms with van der Waals surface area (Å²) in [5.74, 6) is -1.58. The van der Waals surface area contributed by atoms with E-state index in [9.17, 15) is 27.2 Å². The fraction of sp³-hybridized carbons (Fsp3) is 0.150. The highest BCUT2D eigenvalue weighted by Crippen LogP contribution is 2.36. The quantitative estimate of drug-likeness (QED) is 0.592. The van der Waals surface area contributed by atoms with E-state index in [0.717, 1.165) is 12.1 Å². The Balaban J connectivity index is 1.47. The summed E-state index contributed by atoms with van der Waals surface area (Å²) in [6.07, 6.45) is -3.66. The van der Waals surface area contributed by atoms with E-state index in [1.807, 2.05) is 0 Å². The molecule has 2 amide bonds. The lowest BCUT2D eigenvalue weighted by Crippen LogP contribution is -2.23. The summed E-state index contributed by atoms with van der Waals surface area (Å²) < 4.78 is 55.4. The summed E-state index contributed by atoms with van der Waals surface area (Å²) in [6, 6.07) is 9.48. The largest absolute Gasteiger partial charge is 0.573 e. The number of hydrogen-bond acceptors (Lipinski definition) is 4. The maximum Gasteiger partial charge on any atom is 0.573 e. The Morgan fingerprint density at radius 1 is 1.19 bits per heavy atom. The average Bonchev–Trinajstić information content (AvgIpc) is 3.21. The first-order valence-electron chi connectivity index (χ1n) is 8.99. The van der Waals surface area contributed by atoms with Crippen LogP contribution in [0.3, 0.4) is 0 Å². The van der Waals surface area contributed by atoms with E-state index in [1.165, 1.54) is 47.3 Å². The molecule has 0 spiro atoms. The third-order valence-electron chi connectivity index (χ3n) is 4.52. The Kier molecular flexibility index (Phi) is 5.09. The number of hydrogen-bond donors (Lipinski definition) is 2. The van der Waals surface area contributed by atoms with Crippen LogP contribution in [0.4, 0.5) is 29.1 Å². The van der Waals surface area contributed by atoms with Crippen molar-refractivity contribution in [3.05, 3.63) is 60.5 Å². The lowest BCUT2D eigenvalue weighted by Gasteiger charge is -2.12. The fourth-order valence-electron chi connectivity index (χ4n) is 3.21. The van der Waals surface area contributed by atoms with Crippen molar-refractivity contribution in [3.63, 3.8) is 0 Å². The van der Waals surface area contributed by atoms with Crippen LogP contribution in [0.15, 0.2) is 54.7 Å². The fourth-order valence-corrected chi connectivity index (χ4v) is 3.21. The summed E-state index contributed by atoms with van der Waals surface area (Å²) in [7, 11) is 0. The average molecular weight is 434 g/mol. The summed E-state index contributed by atoms with van der Waals surface area (Å²) >= 11 is 0. The van der Waals surface area contributed by atoms with Gasteiger partial charge in [0.25, 0.3) is 5.91 Å². The number of nitrogens with zero attached hydrogens (tertiary/aromatic N) is 2. The molecule has 2 heterocycles. The zero-order valence-corrected chi connectivity index (χ0v) is 15.6. The van der Waals surface area contributed by atoms with Crippen LogP contribution in [-0.4, -0.2) is 28.0 Å². The van der Waals surface area contributed by atoms with Crippen LogP contribution in [0.5, 0.6) is 5.75 Å². The van der Waals surface area contributed by atoms with E-state index in [2.05, 4.69) is 20.5 Å². The van der Waals surface area contributed by atoms with Crippen molar-refractivity contribution < 1.29 is 31.9 Å². The number of benzene rings is 2. The van der Waals surface area contributed by atoms with E-state index < -0.39 is 35.8 Å². The standard InChI is InChI=1S/C20H14F4N4O3/c21-12-6-4-11(5-7-12)15-10-25-28-16(19(30)27-18(15)28)9-17(29)26-13-2-1-3-14(8-13)31-20(22,23)24/h1-8,10,16H,9H2,(H,26,29)(H,27,30). The zero-order chi connectivity index (χ0) is 22.2. The molecule has 0 saturated heterocycles. The van der Waals surface area contributed by atoms with Gasteiger partial charge in [0.2, 0.25) is 5.91 Å². The number of carbonyl (C=O) groups excluding carboxylic acids is 2. The Labute approximate surface area is 172 Å². The summed E-state index contributed by atoms with van der Waals surface area (Å²) in [4.78, 5) is 24.8. The molecule has 2 N–H and O–H groups in total. The Morgan fingerprint density at radius 2 is 1.94 bits per heavy atom. The van der Waals surface area contributed by atoms with Crippen molar-refractivity contribution in [2.24, 2.45) is 0 Å². The van der Waals surface area contributed by atoms with Gasteiger partial charge < -0.3 is 15.4 Å². The maximum atomic E-state index is 13.2. The highest BCUT2D eigenvalue weighted by atomic mass is 19.4. The first-order valence-corrected chi connectivity index (χ1v) is 8.99. The highest BCUT2D eigenvalue weighted by Gasteiger charge is 2.35. The Morgan fingerprint density at radius 3 is 2.65 bits per heavy atom. The van der Waals surface area contributed by atoms with Gasteiger partial charge in [0.05, 0.1) is 12.6 Å². The molecule has 1 atom stereocenters. The molecule has 1 unspecified atom stereocenters. The van der Waals surface area contributed by atoms with E-state index >= 15 is 0 Å². The number of fused-ring (bicyclic) bond motifs is 1. The molecule has 0 saturated carbocycles. The van der Waals surface area contributed by atoms with Crippen molar-refractivity contribution in [1.29, 1.82) is 0 Å². The van der Waals surface area contributed by atoms with Crippen LogP contribution in [0.25, 0.3) is 11.1 Å². The van der Waals surface area contributed by atoms with Gasteiger partial charge in [-0.15, -0.1) is 13.2 Å². The number of carbonyl (C=O) groups is 2. The molecule has 0 aliphatic carbocycles. The molecule has 7 nitrogen and oxygen atoms in total. The highest BCUT2D eigenvalue weighted by molar-refractivity contribution is 6.04. The maximum absolute atomic E-state index is 13.2. The van der Waals surface area contributed by atoms with Gasteiger partial charge in [-0.1, -0.05) is 18.2 Å². The Bertz CT molecular complexity index is 1140. The molecule has 0 radical (unpaired) electrons. The van der Waals surface area contributed by atoms with Gasteiger partial charge in [0.1, 0.15) is 23.4 Å². The number of rotatable bonds is 5. The molecule has 160 valence electrons. The van der Waals surface area contributed by atoms with Crippen LogP contribution < -0.4 is 15.4 Å². The van der Waals surface area contributed by atoms with Gasteiger partial charge in [0.15, 0.2) is 0 Å². The monoisotopic (exact) mass is 434 g/mol. The third kappa shape index (κ3) is 4.49. The van der Waals surface area contributed by atoms with Crippen molar-refractivity contribution in [1.82, 2.24) is 9.78 Å². The van der Waals surface area contributed by atoms with Crippen LogP contribution in [0.2, 0.25) is 0 Å². The SMILES string of the molecule is O=C(CC1C(=O)Nc2c(-c3ccc(F)cc3)cnn21)Nc1cccc(OC(F)(F)F)c1. The van der Waals surface area contributed by atoms with Crippen LogP contribution in [0, 0.1) is 5.82 Å². The third-order valence-corrected chi connectivity index (χ3v) is 4.52. The minimum Gasteiger partial charge on any atom is -0.406 e. The van der Waals surface area contributed by atoms with Crippen LogP contribution in [0.1, 0.15) is 12.5 Å². The van der Waals surface area contributed by atoms with Crippen LogP contribution in [-0.2, 0) is 9.59 Å². The normalized spacial score (nSPS) is 15.4. The number of halogens is 4. The number of nitrogens with one attached hydrogen (secondary N) is 2. The predicted molar refractivity (Wildman–Crippen MR) is 102 cm³/mol. The van der Waals surface area contributed by atoms with E-state index in [1.54, 1.807) is 0 Å². The molecule has 31 heavy (non-hydrogen) atoms.